The molecule has 1 aliphatic heterocycles. The Morgan fingerprint density at radius 2 is 2.22 bits per heavy atom. The molecule has 1 N–H and O–H groups in total. The van der Waals surface area contributed by atoms with Gasteiger partial charge >= 0.3 is 5.97 Å². The summed E-state index contributed by atoms with van der Waals surface area (Å²) in [6.07, 6.45) is 5.68. The lowest BCUT2D eigenvalue weighted by Crippen LogP contribution is -2.45. The second-order valence-corrected chi connectivity index (χ2v) is 8.37. The molecule has 27 heavy (non-hydrogen) atoms. The number of aromatic nitrogens is 1. The number of nitrogens with zero attached hydrogens (tertiary/aromatic N) is 2. The lowest BCUT2D eigenvalue weighted by atomic mass is 9.99. The fourth-order valence-electron chi connectivity index (χ4n) is 3.41. The molecule has 1 aromatic carbocycles. The third-order valence-electron chi connectivity index (χ3n) is 4.93. The number of thiazole rings is 1. The number of ether oxygens (including phenoxy) is 1. The van der Waals surface area contributed by atoms with Crippen molar-refractivity contribution in [3.63, 3.8) is 0 Å². The Morgan fingerprint density at radius 1 is 1.37 bits per heavy atom. The highest BCUT2D eigenvalue weighted by atomic mass is 32.1. The van der Waals surface area contributed by atoms with Gasteiger partial charge in [-0.15, -0.1) is 11.3 Å². The number of thiocarbonyl (C=S) groups is 1. The van der Waals surface area contributed by atoms with Gasteiger partial charge in [-0.05, 0) is 50.0 Å². The molecule has 1 saturated heterocycles. The van der Waals surface area contributed by atoms with Crippen LogP contribution in [0.1, 0.15) is 49.5 Å². The molecule has 0 unspecified atom stereocenters. The summed E-state index contributed by atoms with van der Waals surface area (Å²) >= 11 is 7.41. The van der Waals surface area contributed by atoms with Crippen LogP contribution in [-0.2, 0) is 9.53 Å². The molecule has 0 bridgehead atoms. The second-order valence-electron chi connectivity index (χ2n) is 6.92. The molecule has 3 rings (SSSR count). The Labute approximate surface area is 170 Å². The number of methoxy groups -OCH3 is 1. The number of carbonyl (C=O) groups excluding carboxylic acids is 1. The molecule has 0 radical (unpaired) electrons. The highest BCUT2D eigenvalue weighted by Crippen LogP contribution is 2.32. The zero-order valence-corrected chi connectivity index (χ0v) is 17.4. The zero-order valence-electron chi connectivity index (χ0n) is 15.8. The number of fused-ring (bicyclic) bond motifs is 1. The fourth-order valence-corrected chi connectivity index (χ4v) is 4.77. The number of benzene rings is 1. The van der Waals surface area contributed by atoms with E-state index in [1.54, 1.807) is 0 Å². The summed E-state index contributed by atoms with van der Waals surface area (Å²) in [6.45, 7) is 2.80. The van der Waals surface area contributed by atoms with E-state index in [0.29, 0.717) is 12.3 Å². The second kappa shape index (κ2) is 9.99. The first-order valence-corrected chi connectivity index (χ1v) is 10.8. The molecule has 5 nitrogen and oxygen atoms in total. The average Bonchev–Trinajstić information content (AvgIpc) is 3.14. The number of carbonyl (C=O) groups is 1. The summed E-state index contributed by atoms with van der Waals surface area (Å²) < 4.78 is 5.92. The van der Waals surface area contributed by atoms with Crippen LogP contribution >= 0.6 is 23.6 Å². The molecule has 1 aromatic heterocycles. The first-order chi connectivity index (χ1) is 13.2. The van der Waals surface area contributed by atoms with Crippen LogP contribution in [-0.4, -0.2) is 47.7 Å². The van der Waals surface area contributed by atoms with E-state index in [9.17, 15) is 4.79 Å². The fraction of sp³-hybridized carbons (Fsp3) is 0.550. The van der Waals surface area contributed by atoms with Gasteiger partial charge < -0.3 is 15.0 Å². The van der Waals surface area contributed by atoms with Crippen molar-refractivity contribution in [2.24, 2.45) is 0 Å². The van der Waals surface area contributed by atoms with E-state index in [2.05, 4.69) is 33.2 Å². The third kappa shape index (κ3) is 5.62. The molecule has 146 valence electrons. The molecule has 1 fully saturated rings. The number of likely N-dealkylation sites (tertiary alicyclic amines) is 1. The number of piperidine rings is 1. The predicted molar refractivity (Wildman–Crippen MR) is 114 cm³/mol. The van der Waals surface area contributed by atoms with Crippen LogP contribution in [0.4, 0.5) is 0 Å². The van der Waals surface area contributed by atoms with E-state index in [1.165, 1.54) is 23.2 Å². The molecule has 2 heterocycles. The molecular formula is C20H27N3O2S2. The van der Waals surface area contributed by atoms with Gasteiger partial charge in [0.05, 0.1) is 22.3 Å². The molecule has 1 atom stereocenters. The lowest BCUT2D eigenvalue weighted by Gasteiger charge is -2.33. The maximum Gasteiger partial charge on any atom is 0.305 e. The Hall–Kier alpha value is -1.73. The van der Waals surface area contributed by atoms with Crippen molar-refractivity contribution < 1.29 is 9.53 Å². The van der Waals surface area contributed by atoms with E-state index < -0.39 is 0 Å². The monoisotopic (exact) mass is 405 g/mol. The maximum atomic E-state index is 11.1. The highest BCUT2D eigenvalue weighted by Gasteiger charge is 2.25. The van der Waals surface area contributed by atoms with E-state index in [-0.39, 0.29) is 5.97 Å². The standard InChI is InChI=1S/C20H27N3O2S2/c1-25-18(24)11-3-2-6-12-21-20(26)23-13-7-8-15(14-23)19-22-16-9-4-5-10-17(16)27-19/h4-5,9-10,15H,2-3,6-8,11-14H2,1H3,(H,21,26)/t15-/m1/s1. The smallest absolute Gasteiger partial charge is 0.305 e. The average molecular weight is 406 g/mol. The summed E-state index contributed by atoms with van der Waals surface area (Å²) in [7, 11) is 1.43. The largest absolute Gasteiger partial charge is 0.469 e. The van der Waals surface area contributed by atoms with Crippen molar-refractivity contribution in [2.45, 2.75) is 44.4 Å². The number of esters is 1. The van der Waals surface area contributed by atoms with Gasteiger partial charge in [-0.2, -0.15) is 0 Å². The summed E-state index contributed by atoms with van der Waals surface area (Å²) in [5.74, 6) is 0.323. The normalized spacial score (nSPS) is 17.1. The Bertz CT molecular complexity index is 744. The minimum atomic E-state index is -0.132. The van der Waals surface area contributed by atoms with Gasteiger partial charge in [-0.3, -0.25) is 4.79 Å². The van der Waals surface area contributed by atoms with E-state index in [4.69, 9.17) is 17.2 Å². The van der Waals surface area contributed by atoms with Gasteiger partial charge in [0, 0.05) is 32.0 Å². The molecular weight excluding hydrogens is 378 g/mol. The SMILES string of the molecule is COC(=O)CCCCCNC(=S)N1CCC[C@@H](c2nc3ccccc3s2)C1. The van der Waals surface area contributed by atoms with Crippen LogP contribution < -0.4 is 5.32 Å². The molecule has 7 heteroatoms. The molecule has 0 amide bonds. The van der Waals surface area contributed by atoms with Gasteiger partial charge in [-0.1, -0.05) is 18.6 Å². The summed E-state index contributed by atoms with van der Waals surface area (Å²) in [5.41, 5.74) is 1.10. The number of hydrogen-bond donors (Lipinski definition) is 1. The number of rotatable bonds is 7. The van der Waals surface area contributed by atoms with Crippen molar-refractivity contribution in [1.29, 1.82) is 0 Å². The van der Waals surface area contributed by atoms with Crippen LogP contribution in [0.15, 0.2) is 24.3 Å². The van der Waals surface area contributed by atoms with Gasteiger partial charge in [-0.25, -0.2) is 4.98 Å². The van der Waals surface area contributed by atoms with E-state index >= 15 is 0 Å². The van der Waals surface area contributed by atoms with Crippen molar-refractivity contribution in [3.8, 4) is 0 Å². The summed E-state index contributed by atoms with van der Waals surface area (Å²) in [6, 6.07) is 8.34. The zero-order chi connectivity index (χ0) is 19.1. The third-order valence-corrected chi connectivity index (χ3v) is 6.53. The Morgan fingerprint density at radius 3 is 3.04 bits per heavy atom. The van der Waals surface area contributed by atoms with Crippen LogP contribution in [0.3, 0.4) is 0 Å². The summed E-state index contributed by atoms with van der Waals surface area (Å²) in [4.78, 5) is 18.2. The quantitative estimate of drug-likeness (QED) is 0.425. The topological polar surface area (TPSA) is 54.5 Å². The molecule has 2 aromatic rings. The maximum absolute atomic E-state index is 11.1. The first-order valence-electron chi connectivity index (χ1n) is 9.62. The van der Waals surface area contributed by atoms with Crippen LogP contribution in [0, 0.1) is 0 Å². The lowest BCUT2D eigenvalue weighted by molar-refractivity contribution is -0.140. The number of unbranched alkanes of at least 4 members (excludes halogenated alkanes) is 2. The van der Waals surface area contributed by atoms with Gasteiger partial charge in [0.2, 0.25) is 0 Å². The van der Waals surface area contributed by atoms with E-state index in [0.717, 1.165) is 55.9 Å². The minimum Gasteiger partial charge on any atom is -0.469 e. The number of nitrogens with one attached hydrogen (secondary N) is 1. The molecule has 0 aliphatic carbocycles. The Kier molecular flexibility index (Phi) is 7.41. The van der Waals surface area contributed by atoms with Crippen LogP contribution in [0.5, 0.6) is 0 Å². The van der Waals surface area contributed by atoms with E-state index in [1.807, 2.05) is 17.4 Å². The van der Waals surface area contributed by atoms with Gasteiger partial charge in [0.1, 0.15) is 0 Å². The van der Waals surface area contributed by atoms with Crippen molar-refractivity contribution in [1.82, 2.24) is 15.2 Å². The van der Waals surface area contributed by atoms with Crippen molar-refractivity contribution >= 4 is 44.9 Å². The first kappa shape index (κ1) is 20.0. The number of hydrogen-bond acceptors (Lipinski definition) is 5. The van der Waals surface area contributed by atoms with Gasteiger partial charge in [0.15, 0.2) is 5.11 Å². The van der Waals surface area contributed by atoms with Crippen LogP contribution in [0.2, 0.25) is 0 Å². The molecule has 0 spiro atoms. The minimum absolute atomic E-state index is 0.132. The number of para-hydroxylation sites is 1. The Balaban J connectivity index is 1.43. The van der Waals surface area contributed by atoms with Crippen molar-refractivity contribution in [3.05, 3.63) is 29.3 Å². The van der Waals surface area contributed by atoms with Gasteiger partial charge in [0.25, 0.3) is 0 Å². The highest BCUT2D eigenvalue weighted by molar-refractivity contribution is 7.80. The molecule has 0 saturated carbocycles. The molecule has 1 aliphatic rings. The predicted octanol–water partition coefficient (Wildman–Crippen LogP) is 4.08. The van der Waals surface area contributed by atoms with Crippen molar-refractivity contribution in [2.75, 3.05) is 26.7 Å². The summed E-state index contributed by atoms with van der Waals surface area (Å²) in [5, 5.41) is 5.45. The van der Waals surface area contributed by atoms with Crippen LogP contribution in [0.25, 0.3) is 10.2 Å².